The minimum atomic E-state index is -0.512. The first-order valence-corrected chi connectivity index (χ1v) is 9.12. The topological polar surface area (TPSA) is 111 Å². The Balaban J connectivity index is 1.62. The van der Waals surface area contributed by atoms with E-state index in [1.807, 2.05) is 0 Å². The van der Waals surface area contributed by atoms with Gasteiger partial charge in [-0.25, -0.2) is 0 Å². The predicted molar refractivity (Wildman–Crippen MR) is 102 cm³/mol. The molecule has 8 nitrogen and oxygen atoms in total. The molecule has 0 fully saturated rings. The highest BCUT2D eigenvalue weighted by Crippen LogP contribution is 2.27. The van der Waals surface area contributed by atoms with Crippen molar-refractivity contribution < 1.29 is 14.1 Å². The Kier molecular flexibility index (Phi) is 5.94. The van der Waals surface area contributed by atoms with Gasteiger partial charge in [0.15, 0.2) is 0 Å². The van der Waals surface area contributed by atoms with E-state index in [0.717, 1.165) is 11.8 Å². The fraction of sp³-hybridized carbons (Fsp3) is 0.0625. The lowest BCUT2D eigenvalue weighted by Crippen LogP contribution is -2.14. The molecule has 0 aliphatic carbocycles. The van der Waals surface area contributed by atoms with E-state index in [4.69, 9.17) is 27.6 Å². The van der Waals surface area contributed by atoms with Crippen molar-refractivity contribution in [2.24, 2.45) is 0 Å². The first-order chi connectivity index (χ1) is 12.9. The second-order valence-corrected chi connectivity index (χ2v) is 6.91. The molecule has 1 aromatic heterocycles. The van der Waals surface area contributed by atoms with E-state index in [2.05, 4.69) is 15.5 Å². The molecule has 11 heteroatoms. The Hall–Kier alpha value is -2.62. The second kappa shape index (κ2) is 8.38. The van der Waals surface area contributed by atoms with E-state index < -0.39 is 4.92 Å². The van der Waals surface area contributed by atoms with Crippen LogP contribution in [0.1, 0.15) is 0 Å². The summed E-state index contributed by atoms with van der Waals surface area (Å²) in [5.41, 5.74) is 0.773. The Bertz CT molecular complexity index is 1010. The van der Waals surface area contributed by atoms with Gasteiger partial charge in [0, 0.05) is 22.7 Å². The number of non-ortho nitro benzene ring substituents is 1. The zero-order chi connectivity index (χ0) is 19.4. The number of rotatable bonds is 6. The number of aromatic nitrogens is 2. The van der Waals surface area contributed by atoms with Crippen LogP contribution in [-0.2, 0) is 4.79 Å². The van der Waals surface area contributed by atoms with Gasteiger partial charge in [0.1, 0.15) is 0 Å². The zero-order valence-corrected chi connectivity index (χ0v) is 15.7. The minimum absolute atomic E-state index is 0.00945. The van der Waals surface area contributed by atoms with Crippen LogP contribution in [0.4, 0.5) is 11.4 Å². The summed E-state index contributed by atoms with van der Waals surface area (Å²) in [5, 5.41) is 22.1. The van der Waals surface area contributed by atoms with E-state index >= 15 is 0 Å². The molecule has 1 N–H and O–H groups in total. The molecule has 3 aromatic rings. The highest BCUT2D eigenvalue weighted by molar-refractivity contribution is 7.99. The van der Waals surface area contributed by atoms with Gasteiger partial charge in [0.05, 0.1) is 21.4 Å². The lowest BCUT2D eigenvalue weighted by atomic mass is 10.2. The predicted octanol–water partition coefficient (Wildman–Crippen LogP) is 4.68. The monoisotopic (exact) mass is 424 g/mol. The molecule has 1 amide bonds. The third-order valence-electron chi connectivity index (χ3n) is 3.24. The summed E-state index contributed by atoms with van der Waals surface area (Å²) < 4.78 is 5.44. The van der Waals surface area contributed by atoms with Crippen LogP contribution in [0.5, 0.6) is 0 Å². The lowest BCUT2D eigenvalue weighted by Gasteiger charge is -2.06. The van der Waals surface area contributed by atoms with E-state index in [1.54, 1.807) is 18.2 Å². The average molecular weight is 425 g/mol. The van der Waals surface area contributed by atoms with Crippen LogP contribution in [-0.4, -0.2) is 26.8 Å². The number of thioether (sulfide) groups is 1. The molecule has 138 valence electrons. The van der Waals surface area contributed by atoms with Gasteiger partial charge in [0.25, 0.3) is 10.9 Å². The number of halogens is 2. The van der Waals surface area contributed by atoms with Gasteiger partial charge in [0.2, 0.25) is 11.8 Å². The van der Waals surface area contributed by atoms with Crippen LogP contribution in [0, 0.1) is 10.1 Å². The van der Waals surface area contributed by atoms with Crippen molar-refractivity contribution in [1.29, 1.82) is 0 Å². The van der Waals surface area contributed by atoms with Crippen LogP contribution < -0.4 is 5.32 Å². The number of nitro benzene ring substituents is 1. The van der Waals surface area contributed by atoms with Crippen molar-refractivity contribution in [3.05, 3.63) is 62.6 Å². The highest BCUT2D eigenvalue weighted by Gasteiger charge is 2.14. The largest absolute Gasteiger partial charge is 0.411 e. The fourth-order valence-electron chi connectivity index (χ4n) is 2.04. The number of nitrogens with zero attached hydrogens (tertiary/aromatic N) is 3. The number of carbonyl (C=O) groups is 1. The number of anilines is 1. The molecular formula is C16H10Cl2N4O4S. The van der Waals surface area contributed by atoms with Crippen LogP contribution in [0.3, 0.4) is 0 Å². The molecule has 0 spiro atoms. The normalized spacial score (nSPS) is 10.6. The number of benzene rings is 2. The molecule has 27 heavy (non-hydrogen) atoms. The third kappa shape index (κ3) is 4.97. The fourth-order valence-corrected chi connectivity index (χ4v) is 3.06. The molecule has 0 unspecified atom stereocenters. The van der Waals surface area contributed by atoms with Gasteiger partial charge >= 0.3 is 0 Å². The van der Waals surface area contributed by atoms with Gasteiger partial charge < -0.3 is 9.73 Å². The maximum atomic E-state index is 12.0. The summed E-state index contributed by atoms with van der Waals surface area (Å²) in [4.78, 5) is 22.4. The van der Waals surface area contributed by atoms with Crippen molar-refractivity contribution in [3.63, 3.8) is 0 Å². The number of hydrogen-bond acceptors (Lipinski definition) is 7. The molecule has 0 atom stereocenters. The summed E-state index contributed by atoms with van der Waals surface area (Å²) in [7, 11) is 0. The van der Waals surface area contributed by atoms with Gasteiger partial charge in [-0.15, -0.1) is 10.2 Å². The molecule has 0 aliphatic rings. The van der Waals surface area contributed by atoms with E-state index in [0.29, 0.717) is 21.3 Å². The van der Waals surface area contributed by atoms with Gasteiger partial charge in [-0.05, 0) is 24.3 Å². The second-order valence-electron chi connectivity index (χ2n) is 5.14. The molecule has 3 rings (SSSR count). The maximum absolute atomic E-state index is 12.0. The van der Waals surface area contributed by atoms with Gasteiger partial charge in [-0.2, -0.15) is 0 Å². The summed E-state index contributed by atoms with van der Waals surface area (Å²) in [6.07, 6.45) is 0. The number of amides is 1. The van der Waals surface area contributed by atoms with Gasteiger partial charge in [-0.3, -0.25) is 14.9 Å². The minimum Gasteiger partial charge on any atom is -0.411 e. The lowest BCUT2D eigenvalue weighted by molar-refractivity contribution is -0.384. The quantitative estimate of drug-likeness (QED) is 0.347. The Morgan fingerprint density at radius 2 is 2.04 bits per heavy atom. The van der Waals surface area contributed by atoms with Crippen molar-refractivity contribution in [3.8, 4) is 11.5 Å². The molecule has 0 saturated heterocycles. The molecule has 0 radical (unpaired) electrons. The maximum Gasteiger partial charge on any atom is 0.277 e. The van der Waals surface area contributed by atoms with E-state index in [1.165, 1.54) is 24.3 Å². The Labute approximate surface area is 167 Å². The standard InChI is InChI=1S/C16H10Cl2N4O4S/c17-10-4-5-13(12(18)7-10)19-14(23)8-27-16-21-20-15(26-16)9-2-1-3-11(6-9)22(24)25/h1-7H,8H2,(H,19,23). The molecule has 0 aliphatic heterocycles. The van der Waals surface area contributed by atoms with Crippen LogP contribution >= 0.6 is 35.0 Å². The number of nitro groups is 1. The summed E-state index contributed by atoms with van der Waals surface area (Å²) in [5.74, 6) is -0.183. The smallest absolute Gasteiger partial charge is 0.277 e. The number of carbonyl (C=O) groups excluding carboxylic acids is 1. The van der Waals surface area contributed by atoms with Crippen molar-refractivity contribution in [2.45, 2.75) is 5.22 Å². The number of hydrogen-bond donors (Lipinski definition) is 1. The Morgan fingerprint density at radius 3 is 2.78 bits per heavy atom. The molecule has 1 heterocycles. The van der Waals surface area contributed by atoms with Crippen LogP contribution in [0.15, 0.2) is 52.1 Å². The zero-order valence-electron chi connectivity index (χ0n) is 13.4. The highest BCUT2D eigenvalue weighted by atomic mass is 35.5. The summed E-state index contributed by atoms with van der Waals surface area (Å²) >= 11 is 12.8. The van der Waals surface area contributed by atoms with E-state index in [9.17, 15) is 14.9 Å². The summed E-state index contributed by atoms with van der Waals surface area (Å²) in [6, 6.07) is 10.6. The molecule has 2 aromatic carbocycles. The van der Waals surface area contributed by atoms with Crippen molar-refractivity contribution in [2.75, 3.05) is 11.1 Å². The van der Waals surface area contributed by atoms with Crippen LogP contribution in [0.25, 0.3) is 11.5 Å². The van der Waals surface area contributed by atoms with Crippen molar-refractivity contribution >= 4 is 52.2 Å². The average Bonchev–Trinajstić information content (AvgIpc) is 3.11. The van der Waals surface area contributed by atoms with Crippen molar-refractivity contribution in [1.82, 2.24) is 10.2 Å². The first-order valence-electron chi connectivity index (χ1n) is 7.38. The molecule has 0 saturated carbocycles. The number of nitrogens with one attached hydrogen (secondary N) is 1. The van der Waals surface area contributed by atoms with Crippen LogP contribution in [0.2, 0.25) is 10.0 Å². The molecule has 0 bridgehead atoms. The third-order valence-corrected chi connectivity index (χ3v) is 4.61. The summed E-state index contributed by atoms with van der Waals surface area (Å²) in [6.45, 7) is 0. The van der Waals surface area contributed by atoms with Gasteiger partial charge in [-0.1, -0.05) is 41.0 Å². The first kappa shape index (κ1) is 19.2. The SMILES string of the molecule is O=C(CSc1nnc(-c2cccc([N+](=O)[O-])c2)o1)Nc1ccc(Cl)cc1Cl. The Morgan fingerprint density at radius 1 is 1.22 bits per heavy atom. The molecular weight excluding hydrogens is 415 g/mol. The van der Waals surface area contributed by atoms with E-state index in [-0.39, 0.29) is 28.5 Å².